The quantitative estimate of drug-likeness (QED) is 0.686. The molecule has 0 bridgehead atoms. The van der Waals surface area contributed by atoms with Crippen LogP contribution in [0.2, 0.25) is 0 Å². The van der Waals surface area contributed by atoms with Crippen LogP contribution >= 0.6 is 0 Å². The fraction of sp³-hybridized carbons (Fsp3) is 0.458. The Bertz CT molecular complexity index is 1010. The summed E-state index contributed by atoms with van der Waals surface area (Å²) in [6.07, 6.45) is 3.53. The van der Waals surface area contributed by atoms with Gasteiger partial charge in [0.1, 0.15) is 23.1 Å². The summed E-state index contributed by atoms with van der Waals surface area (Å²) in [5.74, 6) is 1.72. The zero-order valence-electron chi connectivity index (χ0n) is 18.9. The van der Waals surface area contributed by atoms with E-state index in [4.69, 9.17) is 14.2 Å². The van der Waals surface area contributed by atoms with E-state index in [2.05, 4.69) is 15.6 Å². The highest BCUT2D eigenvalue weighted by atomic mass is 16.6. The molecule has 2 aromatic rings. The maximum Gasteiger partial charge on any atom is 0.408 e. The number of benzene rings is 1. The molecule has 4 rings (SSSR count). The topological polar surface area (TPSA) is 98.8 Å². The number of ether oxygens (including phenoxy) is 3. The Kier molecular flexibility index (Phi) is 5.71. The number of fused-ring (bicyclic) bond motifs is 2. The number of carbonyl (C=O) groups is 2. The van der Waals surface area contributed by atoms with Crippen molar-refractivity contribution in [3.63, 3.8) is 0 Å². The van der Waals surface area contributed by atoms with Crippen molar-refractivity contribution in [2.45, 2.75) is 64.0 Å². The smallest absolute Gasteiger partial charge is 0.408 e. The molecule has 32 heavy (non-hydrogen) atoms. The number of nitrogens with one attached hydrogen (secondary N) is 2. The molecule has 1 spiro atoms. The number of pyridine rings is 1. The number of aromatic nitrogens is 1. The lowest BCUT2D eigenvalue weighted by Crippen LogP contribution is -2.45. The van der Waals surface area contributed by atoms with Crippen LogP contribution < -0.4 is 20.1 Å². The van der Waals surface area contributed by atoms with Gasteiger partial charge in [0.25, 0.3) is 0 Å². The Morgan fingerprint density at radius 3 is 2.62 bits per heavy atom. The third-order valence-electron chi connectivity index (χ3n) is 5.51. The summed E-state index contributed by atoms with van der Waals surface area (Å²) in [5.41, 5.74) is 1.09. The Balaban J connectivity index is 1.38. The number of carbonyl (C=O) groups excluding carboxylic acids is 2. The van der Waals surface area contributed by atoms with Crippen molar-refractivity contribution in [2.75, 3.05) is 11.9 Å². The molecule has 8 nitrogen and oxygen atoms in total. The number of amides is 2. The van der Waals surface area contributed by atoms with Crippen molar-refractivity contribution in [1.82, 2.24) is 10.3 Å². The van der Waals surface area contributed by atoms with E-state index in [1.807, 2.05) is 25.1 Å². The summed E-state index contributed by atoms with van der Waals surface area (Å²) in [6, 6.07) is 8.50. The molecule has 8 heteroatoms. The van der Waals surface area contributed by atoms with Gasteiger partial charge in [-0.05, 0) is 58.2 Å². The molecule has 1 saturated carbocycles. The van der Waals surface area contributed by atoms with Crippen LogP contribution in [0, 0.1) is 0 Å². The molecule has 0 unspecified atom stereocenters. The molecule has 0 saturated heterocycles. The number of nitrogens with zero attached hydrogens (tertiary/aromatic N) is 1. The molecule has 1 aliphatic heterocycles. The number of hydrogen-bond acceptors (Lipinski definition) is 6. The molecule has 2 heterocycles. The first-order chi connectivity index (χ1) is 15.2. The van der Waals surface area contributed by atoms with Crippen molar-refractivity contribution in [2.24, 2.45) is 0 Å². The lowest BCUT2D eigenvalue weighted by Gasteiger charge is -2.22. The van der Waals surface area contributed by atoms with Crippen LogP contribution in [-0.4, -0.2) is 35.2 Å². The van der Waals surface area contributed by atoms with Gasteiger partial charge in [-0.2, -0.15) is 0 Å². The Labute approximate surface area is 187 Å². The van der Waals surface area contributed by atoms with Crippen LogP contribution in [0.3, 0.4) is 0 Å². The normalized spacial score (nSPS) is 16.5. The highest BCUT2D eigenvalue weighted by Crippen LogP contribution is 2.58. The van der Waals surface area contributed by atoms with Gasteiger partial charge in [0, 0.05) is 17.0 Å². The summed E-state index contributed by atoms with van der Waals surface area (Å²) >= 11 is 0. The van der Waals surface area contributed by atoms with E-state index in [-0.39, 0.29) is 11.3 Å². The van der Waals surface area contributed by atoms with Crippen molar-refractivity contribution >= 4 is 17.7 Å². The van der Waals surface area contributed by atoms with Crippen LogP contribution in [0.15, 0.2) is 36.5 Å². The highest BCUT2D eigenvalue weighted by molar-refractivity contribution is 5.96. The molecular formula is C24H29N3O5. The molecule has 1 aromatic heterocycles. The van der Waals surface area contributed by atoms with E-state index >= 15 is 0 Å². The largest absolute Gasteiger partial charge is 0.492 e. The van der Waals surface area contributed by atoms with Gasteiger partial charge in [0.05, 0.1) is 18.5 Å². The Morgan fingerprint density at radius 2 is 2.00 bits per heavy atom. The second-order valence-electron chi connectivity index (χ2n) is 9.28. The number of alkyl carbamates (subject to hydrolysis) is 1. The molecule has 0 radical (unpaired) electrons. The summed E-state index contributed by atoms with van der Waals surface area (Å²) in [7, 11) is 0. The molecule has 170 valence electrons. The fourth-order valence-electron chi connectivity index (χ4n) is 3.73. The van der Waals surface area contributed by atoms with E-state index in [9.17, 15) is 9.59 Å². The van der Waals surface area contributed by atoms with E-state index in [1.165, 1.54) is 6.20 Å². The van der Waals surface area contributed by atoms with Crippen LogP contribution in [0.5, 0.6) is 17.4 Å². The van der Waals surface area contributed by atoms with Crippen molar-refractivity contribution < 1.29 is 23.8 Å². The predicted octanol–water partition coefficient (Wildman–Crippen LogP) is 4.54. The van der Waals surface area contributed by atoms with Gasteiger partial charge in [0.2, 0.25) is 11.8 Å². The van der Waals surface area contributed by atoms with Crippen LogP contribution in [0.4, 0.5) is 10.5 Å². The monoisotopic (exact) mass is 439 g/mol. The molecule has 2 aliphatic rings. The maximum atomic E-state index is 12.6. The number of anilines is 1. The SMILES string of the molecule is CC[C@@H](NC(=O)OC(C)(C)C)C(=O)Nc1ccc(Oc2cccc3c2C2(CC2)CO3)nc1. The highest BCUT2D eigenvalue weighted by Gasteiger charge is 2.52. The van der Waals surface area contributed by atoms with Crippen LogP contribution in [0.1, 0.15) is 52.5 Å². The van der Waals surface area contributed by atoms with Gasteiger partial charge in [0.15, 0.2) is 0 Å². The van der Waals surface area contributed by atoms with Gasteiger partial charge in [-0.3, -0.25) is 4.79 Å². The fourth-order valence-corrected chi connectivity index (χ4v) is 3.73. The van der Waals surface area contributed by atoms with E-state index in [0.717, 1.165) is 29.9 Å². The summed E-state index contributed by atoms with van der Waals surface area (Å²) < 4.78 is 17.1. The summed E-state index contributed by atoms with van der Waals surface area (Å²) in [6.45, 7) is 7.82. The lowest BCUT2D eigenvalue weighted by atomic mass is 9.97. The van der Waals surface area contributed by atoms with E-state index in [0.29, 0.717) is 24.6 Å². The van der Waals surface area contributed by atoms with Gasteiger partial charge >= 0.3 is 6.09 Å². The molecule has 1 aromatic carbocycles. The molecular weight excluding hydrogens is 410 g/mol. The average Bonchev–Trinajstić information content (AvgIpc) is 3.41. The van der Waals surface area contributed by atoms with Crippen molar-refractivity contribution in [1.29, 1.82) is 0 Å². The zero-order valence-corrected chi connectivity index (χ0v) is 18.9. The van der Waals surface area contributed by atoms with Gasteiger partial charge in [-0.25, -0.2) is 9.78 Å². The lowest BCUT2D eigenvalue weighted by molar-refractivity contribution is -0.118. The second-order valence-corrected chi connectivity index (χ2v) is 9.28. The summed E-state index contributed by atoms with van der Waals surface area (Å²) in [4.78, 5) is 28.9. The standard InChI is InChI=1S/C24H29N3O5/c1-5-16(27-22(29)32-23(2,3)4)21(28)26-15-9-10-19(25-13-15)31-18-8-6-7-17-20(18)24(11-12-24)14-30-17/h6-10,13,16H,5,11-12,14H2,1-4H3,(H,26,28)(H,27,29)/t16-/m1/s1. The third-order valence-corrected chi connectivity index (χ3v) is 5.51. The van der Waals surface area contributed by atoms with Crippen molar-refractivity contribution in [3.05, 3.63) is 42.1 Å². The van der Waals surface area contributed by atoms with E-state index in [1.54, 1.807) is 32.9 Å². The minimum atomic E-state index is -0.720. The van der Waals surface area contributed by atoms with Gasteiger partial charge in [-0.1, -0.05) is 13.0 Å². The van der Waals surface area contributed by atoms with Crippen molar-refractivity contribution in [3.8, 4) is 17.4 Å². The van der Waals surface area contributed by atoms with Gasteiger partial charge < -0.3 is 24.8 Å². The minimum Gasteiger partial charge on any atom is -0.492 e. The molecule has 1 fully saturated rings. The first-order valence-electron chi connectivity index (χ1n) is 10.9. The van der Waals surface area contributed by atoms with Gasteiger partial charge in [-0.15, -0.1) is 0 Å². The first-order valence-corrected chi connectivity index (χ1v) is 10.9. The average molecular weight is 440 g/mol. The predicted molar refractivity (Wildman–Crippen MR) is 119 cm³/mol. The van der Waals surface area contributed by atoms with Crippen LogP contribution in [0.25, 0.3) is 0 Å². The first kappa shape index (κ1) is 21.9. The Morgan fingerprint density at radius 1 is 1.22 bits per heavy atom. The number of rotatable bonds is 6. The molecule has 2 N–H and O–H groups in total. The van der Waals surface area contributed by atoms with E-state index < -0.39 is 17.7 Å². The molecule has 1 aliphatic carbocycles. The summed E-state index contributed by atoms with van der Waals surface area (Å²) in [5, 5.41) is 5.36. The Hall–Kier alpha value is -3.29. The van der Waals surface area contributed by atoms with Crippen LogP contribution in [-0.2, 0) is 14.9 Å². The zero-order chi connectivity index (χ0) is 22.9. The molecule has 2 amide bonds. The number of hydrogen-bond donors (Lipinski definition) is 2. The minimum absolute atomic E-state index is 0.0934. The maximum absolute atomic E-state index is 12.6. The molecule has 1 atom stereocenters. The second kappa shape index (κ2) is 8.33. The third kappa shape index (κ3) is 4.79.